The third-order valence-electron chi connectivity index (χ3n) is 3.64. The molecule has 1 heterocycles. The molecule has 0 aliphatic carbocycles. The first-order valence-electron chi connectivity index (χ1n) is 6.80. The van der Waals surface area contributed by atoms with Crippen molar-refractivity contribution in [2.45, 2.75) is 27.2 Å². The molecule has 1 aromatic carbocycles. The Morgan fingerprint density at radius 1 is 1.45 bits per heavy atom. The second-order valence-corrected chi connectivity index (χ2v) is 4.99. The zero-order valence-corrected chi connectivity index (χ0v) is 12.3. The molecule has 1 unspecified atom stereocenters. The van der Waals surface area contributed by atoms with Crippen LogP contribution in [0.3, 0.4) is 0 Å². The van der Waals surface area contributed by atoms with Crippen LogP contribution in [-0.2, 0) is 7.05 Å². The van der Waals surface area contributed by atoms with Gasteiger partial charge in [-0.25, -0.2) is 10.4 Å². The van der Waals surface area contributed by atoms with E-state index in [4.69, 9.17) is 0 Å². The SMILES string of the molecule is CCC(C)C(C)=NNc1nc2ccccc2c(=O)n1C. The van der Waals surface area contributed by atoms with Crippen LogP contribution in [0, 0.1) is 5.92 Å². The van der Waals surface area contributed by atoms with Crippen LogP contribution in [0.1, 0.15) is 27.2 Å². The molecule has 0 saturated carbocycles. The van der Waals surface area contributed by atoms with E-state index in [1.807, 2.05) is 25.1 Å². The van der Waals surface area contributed by atoms with Crippen LogP contribution >= 0.6 is 0 Å². The van der Waals surface area contributed by atoms with Gasteiger partial charge in [0.05, 0.1) is 10.9 Å². The maximum atomic E-state index is 12.2. The molecule has 2 aromatic rings. The summed E-state index contributed by atoms with van der Waals surface area (Å²) in [5.74, 6) is 0.858. The van der Waals surface area contributed by atoms with Gasteiger partial charge in [-0.15, -0.1) is 0 Å². The van der Waals surface area contributed by atoms with Crippen LogP contribution < -0.4 is 11.0 Å². The highest BCUT2D eigenvalue weighted by atomic mass is 16.1. The fourth-order valence-electron chi connectivity index (χ4n) is 1.86. The Labute approximate surface area is 118 Å². The number of hydrogen-bond donors (Lipinski definition) is 1. The van der Waals surface area contributed by atoms with Crippen molar-refractivity contribution in [2.24, 2.45) is 18.1 Å². The number of hydrogen-bond acceptors (Lipinski definition) is 4. The summed E-state index contributed by atoms with van der Waals surface area (Å²) in [4.78, 5) is 16.7. The van der Waals surface area contributed by atoms with Crippen LogP contribution in [0.2, 0.25) is 0 Å². The monoisotopic (exact) mass is 272 g/mol. The summed E-state index contributed by atoms with van der Waals surface area (Å²) in [7, 11) is 1.69. The summed E-state index contributed by atoms with van der Waals surface area (Å²) >= 11 is 0. The minimum absolute atomic E-state index is 0.0745. The molecular weight excluding hydrogens is 252 g/mol. The zero-order chi connectivity index (χ0) is 14.7. The van der Waals surface area contributed by atoms with Gasteiger partial charge in [-0.1, -0.05) is 26.0 Å². The van der Waals surface area contributed by atoms with Crippen molar-refractivity contribution < 1.29 is 0 Å². The van der Waals surface area contributed by atoms with E-state index in [0.717, 1.165) is 12.1 Å². The molecule has 20 heavy (non-hydrogen) atoms. The van der Waals surface area contributed by atoms with Gasteiger partial charge in [0.15, 0.2) is 0 Å². The maximum Gasteiger partial charge on any atom is 0.262 e. The Hall–Kier alpha value is -2.17. The average Bonchev–Trinajstić information content (AvgIpc) is 2.48. The van der Waals surface area contributed by atoms with Crippen molar-refractivity contribution in [1.29, 1.82) is 0 Å². The first kappa shape index (κ1) is 14.2. The molecule has 2 rings (SSSR count). The van der Waals surface area contributed by atoms with E-state index in [2.05, 4.69) is 29.4 Å². The quantitative estimate of drug-likeness (QED) is 0.687. The van der Waals surface area contributed by atoms with Crippen LogP contribution in [0.5, 0.6) is 0 Å². The van der Waals surface area contributed by atoms with E-state index in [0.29, 0.717) is 22.8 Å². The second-order valence-electron chi connectivity index (χ2n) is 4.99. The Morgan fingerprint density at radius 3 is 2.85 bits per heavy atom. The Bertz CT molecular complexity index is 703. The molecular formula is C15H20N4O. The molecule has 0 aliphatic heterocycles. The topological polar surface area (TPSA) is 59.3 Å². The standard InChI is InChI=1S/C15H20N4O/c1-5-10(2)11(3)17-18-15-16-13-9-7-6-8-12(13)14(20)19(15)4/h6-10H,5H2,1-4H3,(H,16,18). The minimum Gasteiger partial charge on any atom is -0.280 e. The number of hydrazone groups is 1. The van der Waals surface area contributed by atoms with Crippen LogP contribution in [0.4, 0.5) is 5.95 Å². The molecule has 5 heteroatoms. The fraction of sp³-hybridized carbons (Fsp3) is 0.400. The number of aromatic nitrogens is 2. The predicted octanol–water partition coefficient (Wildman–Crippen LogP) is 2.77. The van der Waals surface area contributed by atoms with E-state index in [9.17, 15) is 4.79 Å². The van der Waals surface area contributed by atoms with E-state index in [1.54, 1.807) is 13.1 Å². The predicted molar refractivity (Wildman–Crippen MR) is 83.2 cm³/mol. The van der Waals surface area contributed by atoms with Crippen LogP contribution in [-0.4, -0.2) is 15.3 Å². The van der Waals surface area contributed by atoms with Gasteiger partial charge in [0.1, 0.15) is 0 Å². The van der Waals surface area contributed by atoms with Gasteiger partial charge in [0, 0.05) is 12.8 Å². The zero-order valence-electron chi connectivity index (χ0n) is 12.3. The third-order valence-corrected chi connectivity index (χ3v) is 3.64. The Balaban J connectivity index is 2.41. The molecule has 0 bridgehead atoms. The molecule has 1 N–H and O–H groups in total. The summed E-state index contributed by atoms with van der Waals surface area (Å²) in [5, 5.41) is 4.93. The molecule has 1 atom stereocenters. The maximum absolute atomic E-state index is 12.2. The van der Waals surface area contributed by atoms with Crippen LogP contribution in [0.25, 0.3) is 10.9 Å². The fourth-order valence-corrected chi connectivity index (χ4v) is 1.86. The first-order chi connectivity index (χ1) is 9.54. The number of anilines is 1. The molecule has 0 aliphatic rings. The summed E-state index contributed by atoms with van der Waals surface area (Å²) in [6.07, 6.45) is 1.03. The largest absolute Gasteiger partial charge is 0.280 e. The summed E-state index contributed by atoms with van der Waals surface area (Å²) in [5.41, 5.74) is 4.50. The highest BCUT2D eigenvalue weighted by Crippen LogP contribution is 2.10. The van der Waals surface area contributed by atoms with Gasteiger partial charge >= 0.3 is 0 Å². The number of rotatable bonds is 4. The molecule has 0 saturated heterocycles. The third kappa shape index (κ3) is 2.71. The summed E-state index contributed by atoms with van der Waals surface area (Å²) in [6.45, 7) is 6.21. The number of fused-ring (bicyclic) bond motifs is 1. The lowest BCUT2D eigenvalue weighted by molar-refractivity contribution is 0.733. The van der Waals surface area contributed by atoms with Crippen molar-refractivity contribution in [1.82, 2.24) is 9.55 Å². The van der Waals surface area contributed by atoms with Crippen LogP contribution in [0.15, 0.2) is 34.2 Å². The molecule has 0 radical (unpaired) electrons. The molecule has 0 amide bonds. The Kier molecular flexibility index (Phi) is 4.17. The lowest BCUT2D eigenvalue weighted by Gasteiger charge is -2.11. The summed E-state index contributed by atoms with van der Waals surface area (Å²) < 4.78 is 1.48. The minimum atomic E-state index is -0.0745. The van der Waals surface area contributed by atoms with Crippen molar-refractivity contribution in [3.8, 4) is 0 Å². The van der Waals surface area contributed by atoms with Gasteiger partial charge < -0.3 is 0 Å². The highest BCUT2D eigenvalue weighted by Gasteiger charge is 2.08. The van der Waals surface area contributed by atoms with Crippen molar-refractivity contribution in [3.05, 3.63) is 34.6 Å². The van der Waals surface area contributed by atoms with Gasteiger partial charge in [-0.05, 0) is 31.4 Å². The molecule has 0 spiro atoms. The second kappa shape index (κ2) is 5.86. The van der Waals surface area contributed by atoms with E-state index < -0.39 is 0 Å². The number of nitrogens with zero attached hydrogens (tertiary/aromatic N) is 3. The van der Waals surface area contributed by atoms with Gasteiger partial charge in [0.2, 0.25) is 5.95 Å². The average molecular weight is 272 g/mol. The van der Waals surface area contributed by atoms with E-state index in [-0.39, 0.29) is 5.56 Å². The molecule has 106 valence electrons. The van der Waals surface area contributed by atoms with Crippen molar-refractivity contribution in [2.75, 3.05) is 5.43 Å². The summed E-state index contributed by atoms with van der Waals surface area (Å²) in [6, 6.07) is 7.31. The number of para-hydroxylation sites is 1. The van der Waals surface area contributed by atoms with E-state index in [1.165, 1.54) is 4.57 Å². The van der Waals surface area contributed by atoms with Gasteiger partial charge in [-0.3, -0.25) is 9.36 Å². The molecule has 0 fully saturated rings. The lowest BCUT2D eigenvalue weighted by Crippen LogP contribution is -2.21. The molecule has 5 nitrogen and oxygen atoms in total. The number of nitrogens with one attached hydrogen (secondary N) is 1. The smallest absolute Gasteiger partial charge is 0.262 e. The molecule has 1 aromatic heterocycles. The lowest BCUT2D eigenvalue weighted by atomic mass is 10.1. The Morgan fingerprint density at radius 2 is 2.15 bits per heavy atom. The van der Waals surface area contributed by atoms with Crippen molar-refractivity contribution in [3.63, 3.8) is 0 Å². The number of benzene rings is 1. The van der Waals surface area contributed by atoms with Gasteiger partial charge in [-0.2, -0.15) is 5.10 Å². The normalized spacial score (nSPS) is 13.5. The van der Waals surface area contributed by atoms with Gasteiger partial charge in [0.25, 0.3) is 5.56 Å². The highest BCUT2D eigenvalue weighted by molar-refractivity contribution is 5.84. The van der Waals surface area contributed by atoms with E-state index >= 15 is 0 Å². The first-order valence-corrected chi connectivity index (χ1v) is 6.80. The van der Waals surface area contributed by atoms with Crippen molar-refractivity contribution >= 4 is 22.6 Å².